The Morgan fingerprint density at radius 1 is 1.03 bits per heavy atom. The van der Waals surface area contributed by atoms with Crippen LogP contribution in [0.15, 0.2) is 29.2 Å². The Bertz CT molecular complexity index is 579. The second-order valence-corrected chi connectivity index (χ2v) is 7.81. The molecule has 0 bridgehead atoms. The van der Waals surface area contributed by atoms with Gasteiger partial charge >= 0.3 is 0 Å². The largest absolute Gasteiger partial charge is 0.385 e. The van der Waals surface area contributed by atoms with Crippen molar-refractivity contribution >= 4 is 17.7 Å². The third-order valence-corrected chi connectivity index (χ3v) is 5.40. The molecule has 0 aliphatic carbocycles. The fraction of sp³-hybridized carbons (Fsp3) is 0.682. The van der Waals surface area contributed by atoms with Crippen LogP contribution in [0.1, 0.15) is 23.2 Å². The summed E-state index contributed by atoms with van der Waals surface area (Å²) >= 11 is 1.69. The molecule has 0 fully saturated rings. The fourth-order valence-electron chi connectivity index (χ4n) is 2.60. The van der Waals surface area contributed by atoms with Crippen molar-refractivity contribution in [3.8, 4) is 0 Å². The zero-order chi connectivity index (χ0) is 22.6. The molecule has 0 heterocycles. The van der Waals surface area contributed by atoms with Gasteiger partial charge in [-0.05, 0) is 31.0 Å². The maximum Gasteiger partial charge on any atom is 0.251 e. The van der Waals surface area contributed by atoms with Crippen LogP contribution in [0.4, 0.5) is 0 Å². The molecule has 31 heavy (non-hydrogen) atoms. The standard InChI is InChI=1S/C22H38N2O6S/c1-26-10-4-6-20(27-2)18-31-21-7-3-5-19(17-21)22(25)24-9-12-29-14-16-30-15-13-28-11-8-23/h3,5,7,17,20H,4,6,8-16,18,23H2,1-2H3,(H,24,25). The van der Waals surface area contributed by atoms with Crippen molar-refractivity contribution in [1.82, 2.24) is 5.32 Å². The lowest BCUT2D eigenvalue weighted by atomic mass is 10.2. The van der Waals surface area contributed by atoms with Crippen LogP contribution in [0, 0.1) is 0 Å². The summed E-state index contributed by atoms with van der Waals surface area (Å²) in [5.74, 6) is 0.725. The van der Waals surface area contributed by atoms with Gasteiger partial charge in [-0.15, -0.1) is 11.8 Å². The number of nitrogens with one attached hydrogen (secondary N) is 1. The number of methoxy groups -OCH3 is 2. The second kappa shape index (κ2) is 19.5. The number of amides is 1. The third-order valence-electron chi connectivity index (χ3n) is 4.28. The predicted octanol–water partition coefficient (Wildman–Crippen LogP) is 1.96. The van der Waals surface area contributed by atoms with Crippen molar-refractivity contribution in [3.63, 3.8) is 0 Å². The lowest BCUT2D eigenvalue weighted by molar-refractivity contribution is 0.0166. The molecule has 1 unspecified atom stereocenters. The molecule has 178 valence electrons. The Hall–Kier alpha value is -1.20. The highest BCUT2D eigenvalue weighted by molar-refractivity contribution is 7.99. The Balaban J connectivity index is 2.18. The average Bonchev–Trinajstić information content (AvgIpc) is 2.79. The molecule has 0 aliphatic rings. The van der Waals surface area contributed by atoms with E-state index < -0.39 is 0 Å². The average molecular weight is 459 g/mol. The van der Waals surface area contributed by atoms with Crippen molar-refractivity contribution in [3.05, 3.63) is 29.8 Å². The monoisotopic (exact) mass is 458 g/mol. The van der Waals surface area contributed by atoms with Crippen molar-refractivity contribution in [2.45, 2.75) is 23.8 Å². The molecule has 1 rings (SSSR count). The lowest BCUT2D eigenvalue weighted by Crippen LogP contribution is -2.27. The summed E-state index contributed by atoms with van der Waals surface area (Å²) in [4.78, 5) is 13.4. The summed E-state index contributed by atoms with van der Waals surface area (Å²) in [7, 11) is 3.44. The van der Waals surface area contributed by atoms with E-state index >= 15 is 0 Å². The van der Waals surface area contributed by atoms with E-state index in [9.17, 15) is 4.79 Å². The van der Waals surface area contributed by atoms with Gasteiger partial charge in [0, 0.05) is 50.1 Å². The van der Waals surface area contributed by atoms with Crippen LogP contribution in [-0.4, -0.2) is 91.3 Å². The summed E-state index contributed by atoms with van der Waals surface area (Å²) in [6, 6.07) is 7.62. The van der Waals surface area contributed by atoms with Crippen molar-refractivity contribution in [2.75, 3.05) is 79.3 Å². The van der Waals surface area contributed by atoms with Gasteiger partial charge < -0.3 is 34.7 Å². The highest BCUT2D eigenvalue weighted by Gasteiger charge is 2.10. The summed E-state index contributed by atoms with van der Waals surface area (Å²) in [5.41, 5.74) is 5.96. The van der Waals surface area contributed by atoms with Gasteiger partial charge in [0.1, 0.15) is 0 Å². The number of benzene rings is 1. The lowest BCUT2D eigenvalue weighted by Gasteiger charge is -2.15. The van der Waals surface area contributed by atoms with Crippen molar-refractivity contribution in [2.24, 2.45) is 5.73 Å². The number of hydrogen-bond donors (Lipinski definition) is 2. The third kappa shape index (κ3) is 14.5. The highest BCUT2D eigenvalue weighted by atomic mass is 32.2. The van der Waals surface area contributed by atoms with Gasteiger partial charge in [0.2, 0.25) is 0 Å². The van der Waals surface area contributed by atoms with E-state index in [0.29, 0.717) is 58.3 Å². The van der Waals surface area contributed by atoms with E-state index in [2.05, 4.69) is 5.32 Å². The van der Waals surface area contributed by atoms with E-state index in [1.54, 1.807) is 26.0 Å². The molecule has 0 saturated carbocycles. The number of rotatable bonds is 20. The number of carbonyl (C=O) groups excluding carboxylic acids is 1. The summed E-state index contributed by atoms with van der Waals surface area (Å²) in [6.07, 6.45) is 2.08. The molecular formula is C22H38N2O6S. The molecular weight excluding hydrogens is 420 g/mol. The zero-order valence-electron chi connectivity index (χ0n) is 18.8. The first-order valence-electron chi connectivity index (χ1n) is 10.7. The minimum absolute atomic E-state index is 0.109. The molecule has 3 N–H and O–H groups in total. The zero-order valence-corrected chi connectivity index (χ0v) is 19.6. The van der Waals surface area contributed by atoms with Crippen LogP contribution in [0.3, 0.4) is 0 Å². The van der Waals surface area contributed by atoms with E-state index in [1.165, 1.54) is 0 Å². The summed E-state index contributed by atoms with van der Waals surface area (Å²) in [5, 5.41) is 2.88. The number of carbonyl (C=O) groups is 1. The molecule has 0 radical (unpaired) electrons. The molecule has 0 saturated heterocycles. The van der Waals surface area contributed by atoms with Crippen molar-refractivity contribution < 1.29 is 28.5 Å². The Kier molecular flexibility index (Phi) is 17.5. The van der Waals surface area contributed by atoms with Crippen LogP contribution in [-0.2, 0) is 23.7 Å². The normalized spacial score (nSPS) is 12.1. The van der Waals surface area contributed by atoms with Gasteiger partial charge in [0.15, 0.2) is 0 Å². The number of hydrogen-bond acceptors (Lipinski definition) is 8. The predicted molar refractivity (Wildman–Crippen MR) is 123 cm³/mol. The van der Waals surface area contributed by atoms with E-state index in [-0.39, 0.29) is 12.0 Å². The van der Waals surface area contributed by atoms with Gasteiger partial charge in [0.25, 0.3) is 5.91 Å². The van der Waals surface area contributed by atoms with Crippen molar-refractivity contribution in [1.29, 1.82) is 0 Å². The van der Waals surface area contributed by atoms with Gasteiger partial charge in [-0.1, -0.05) is 6.07 Å². The molecule has 9 heteroatoms. The Morgan fingerprint density at radius 3 is 2.42 bits per heavy atom. The van der Waals surface area contributed by atoms with E-state index in [1.807, 2.05) is 24.3 Å². The van der Waals surface area contributed by atoms with E-state index in [0.717, 1.165) is 30.1 Å². The first-order chi connectivity index (χ1) is 15.2. The van der Waals surface area contributed by atoms with E-state index in [4.69, 9.17) is 29.4 Å². The summed E-state index contributed by atoms with van der Waals surface area (Å²) < 4.78 is 26.7. The quantitative estimate of drug-likeness (QED) is 0.226. The van der Waals surface area contributed by atoms with Crippen LogP contribution >= 0.6 is 11.8 Å². The van der Waals surface area contributed by atoms with Gasteiger partial charge in [0.05, 0.1) is 45.7 Å². The molecule has 8 nitrogen and oxygen atoms in total. The molecule has 1 aromatic carbocycles. The molecule has 1 atom stereocenters. The second-order valence-electron chi connectivity index (χ2n) is 6.71. The molecule has 0 aliphatic heterocycles. The number of nitrogens with two attached hydrogens (primary N) is 1. The maximum atomic E-state index is 12.4. The Morgan fingerprint density at radius 2 is 1.74 bits per heavy atom. The SMILES string of the molecule is COCCCC(CSc1cccc(C(=O)NCCOCCOCCOCCN)c1)OC. The first kappa shape index (κ1) is 27.8. The minimum Gasteiger partial charge on any atom is -0.385 e. The topological polar surface area (TPSA) is 101 Å². The van der Waals surface area contributed by atoms with Gasteiger partial charge in [-0.2, -0.15) is 0 Å². The molecule has 1 amide bonds. The van der Waals surface area contributed by atoms with Crippen LogP contribution in [0.2, 0.25) is 0 Å². The molecule has 0 spiro atoms. The van der Waals surface area contributed by atoms with Crippen LogP contribution in [0.5, 0.6) is 0 Å². The minimum atomic E-state index is -0.109. The summed E-state index contributed by atoms with van der Waals surface area (Å²) in [6.45, 7) is 4.70. The number of thioether (sulfide) groups is 1. The maximum absolute atomic E-state index is 12.4. The van der Waals surface area contributed by atoms with Gasteiger partial charge in [-0.25, -0.2) is 0 Å². The fourth-order valence-corrected chi connectivity index (χ4v) is 3.67. The first-order valence-corrected chi connectivity index (χ1v) is 11.7. The van der Waals surface area contributed by atoms with Crippen LogP contribution < -0.4 is 11.1 Å². The van der Waals surface area contributed by atoms with Crippen LogP contribution in [0.25, 0.3) is 0 Å². The molecule has 0 aromatic heterocycles. The van der Waals surface area contributed by atoms with Gasteiger partial charge in [-0.3, -0.25) is 4.79 Å². The molecule has 1 aromatic rings. The number of ether oxygens (including phenoxy) is 5. The highest BCUT2D eigenvalue weighted by Crippen LogP contribution is 2.22. The Labute approximate surface area is 190 Å². The smallest absolute Gasteiger partial charge is 0.251 e.